The van der Waals surface area contributed by atoms with Gasteiger partial charge in [-0.15, -0.1) is 17.5 Å². The molecule has 3 heterocycles. The summed E-state index contributed by atoms with van der Waals surface area (Å²) < 4.78 is 5.49. The smallest absolute Gasteiger partial charge is 0.258 e. The second kappa shape index (κ2) is 9.23. The predicted octanol–water partition coefficient (Wildman–Crippen LogP) is 2.81. The molecule has 30 heavy (non-hydrogen) atoms. The van der Waals surface area contributed by atoms with E-state index in [0.717, 1.165) is 16.5 Å². The quantitative estimate of drug-likeness (QED) is 0.355. The summed E-state index contributed by atoms with van der Waals surface area (Å²) in [5.41, 5.74) is 1.69. The molecule has 3 aromatic heterocycles. The molecule has 1 amide bonds. The molecule has 0 aliphatic rings. The topological polar surface area (TPSA) is 134 Å². The van der Waals surface area contributed by atoms with E-state index in [0.29, 0.717) is 23.3 Å². The number of benzene rings is 1. The monoisotopic (exact) mass is 428 g/mol. The number of anilines is 2. The number of carbonyl (C=O) groups excluding carboxylic acids is 1. The average molecular weight is 429 g/mol. The van der Waals surface area contributed by atoms with Crippen molar-refractivity contribution in [3.8, 4) is 17.1 Å². The Balaban J connectivity index is 0.00000256. The van der Waals surface area contributed by atoms with Crippen molar-refractivity contribution in [1.29, 1.82) is 0 Å². The van der Waals surface area contributed by atoms with Crippen LogP contribution in [0.15, 0.2) is 42.7 Å². The van der Waals surface area contributed by atoms with E-state index in [-0.39, 0.29) is 31.0 Å². The lowest BCUT2D eigenvalue weighted by Gasteiger charge is -2.09. The van der Waals surface area contributed by atoms with E-state index < -0.39 is 0 Å². The van der Waals surface area contributed by atoms with Gasteiger partial charge in [0.2, 0.25) is 5.95 Å². The summed E-state index contributed by atoms with van der Waals surface area (Å²) in [6.45, 7) is 3.78. The van der Waals surface area contributed by atoms with Gasteiger partial charge in [-0.3, -0.25) is 15.0 Å². The Bertz CT molecular complexity index is 1120. The number of aromatic nitrogens is 6. The Hall–Kier alpha value is -3.66. The lowest BCUT2D eigenvalue weighted by molar-refractivity contribution is -0.123. The van der Waals surface area contributed by atoms with Gasteiger partial charge in [-0.2, -0.15) is 10.1 Å². The summed E-state index contributed by atoms with van der Waals surface area (Å²) in [4.78, 5) is 20.4. The molecule has 0 atom stereocenters. The first kappa shape index (κ1) is 21.1. The fraction of sp³-hybridized carbons (Fsp3) is 0.211. The molecule has 11 heteroatoms. The molecule has 0 radical (unpaired) electrons. The van der Waals surface area contributed by atoms with Crippen molar-refractivity contribution < 1.29 is 9.53 Å². The largest absolute Gasteiger partial charge is 0.484 e. The highest BCUT2D eigenvalue weighted by Crippen LogP contribution is 2.21. The van der Waals surface area contributed by atoms with Gasteiger partial charge in [-0.05, 0) is 44.2 Å². The number of nitrogens with one attached hydrogen (secondary N) is 4. The molecule has 10 nitrogen and oxygen atoms in total. The number of aromatic amines is 2. The number of pyridine rings is 1. The first-order chi connectivity index (χ1) is 14.1. The van der Waals surface area contributed by atoms with Crippen LogP contribution in [-0.4, -0.2) is 48.9 Å². The van der Waals surface area contributed by atoms with E-state index >= 15 is 0 Å². The third-order valence-electron chi connectivity index (χ3n) is 4.00. The minimum absolute atomic E-state index is 0. The van der Waals surface area contributed by atoms with Crippen LogP contribution in [0.1, 0.15) is 13.8 Å². The van der Waals surface area contributed by atoms with Crippen LogP contribution in [0, 0.1) is 0 Å². The van der Waals surface area contributed by atoms with E-state index in [1.54, 1.807) is 24.5 Å². The van der Waals surface area contributed by atoms with Crippen LogP contribution in [0.2, 0.25) is 0 Å². The highest BCUT2D eigenvalue weighted by Gasteiger charge is 2.09. The lowest BCUT2D eigenvalue weighted by atomic mass is 10.2. The molecule has 0 saturated carbocycles. The van der Waals surface area contributed by atoms with Gasteiger partial charge >= 0.3 is 0 Å². The first-order valence-electron chi connectivity index (χ1n) is 9.08. The van der Waals surface area contributed by atoms with Gasteiger partial charge in [-0.25, -0.2) is 4.98 Å². The number of rotatable bonds is 7. The van der Waals surface area contributed by atoms with Gasteiger partial charge in [0, 0.05) is 17.0 Å². The van der Waals surface area contributed by atoms with Crippen LogP contribution in [-0.2, 0) is 4.79 Å². The molecule has 0 spiro atoms. The number of ether oxygens (including phenoxy) is 1. The second-order valence-electron chi connectivity index (χ2n) is 6.69. The Labute approximate surface area is 178 Å². The number of hydrogen-bond acceptors (Lipinski definition) is 7. The number of nitrogens with zero attached hydrogens (tertiary/aromatic N) is 4. The number of carbonyl (C=O) groups is 1. The van der Waals surface area contributed by atoms with Crippen molar-refractivity contribution in [2.24, 2.45) is 0 Å². The highest BCUT2D eigenvalue weighted by molar-refractivity contribution is 5.85. The van der Waals surface area contributed by atoms with Gasteiger partial charge in [0.25, 0.3) is 5.91 Å². The van der Waals surface area contributed by atoms with Crippen molar-refractivity contribution in [1.82, 2.24) is 35.7 Å². The van der Waals surface area contributed by atoms with Crippen LogP contribution >= 0.6 is 12.4 Å². The van der Waals surface area contributed by atoms with Crippen LogP contribution in [0.5, 0.6) is 5.75 Å². The molecule has 156 valence electrons. The number of amides is 1. The molecule has 4 N–H and O–H groups in total. The molecule has 1 aromatic carbocycles. The zero-order valence-electron chi connectivity index (χ0n) is 16.3. The molecule has 0 aliphatic carbocycles. The van der Waals surface area contributed by atoms with Gasteiger partial charge in [-0.1, -0.05) is 0 Å². The van der Waals surface area contributed by atoms with Crippen LogP contribution < -0.4 is 15.4 Å². The summed E-state index contributed by atoms with van der Waals surface area (Å²) in [5, 5.41) is 20.7. The first-order valence-corrected chi connectivity index (χ1v) is 9.08. The molecule has 4 aromatic rings. The van der Waals surface area contributed by atoms with E-state index in [9.17, 15) is 4.79 Å². The van der Waals surface area contributed by atoms with E-state index in [1.807, 2.05) is 32.0 Å². The maximum absolute atomic E-state index is 11.6. The van der Waals surface area contributed by atoms with Gasteiger partial charge in [0.15, 0.2) is 12.4 Å². The third kappa shape index (κ3) is 5.03. The summed E-state index contributed by atoms with van der Waals surface area (Å²) in [7, 11) is 0. The van der Waals surface area contributed by atoms with Crippen molar-refractivity contribution in [3.05, 3.63) is 42.7 Å². The highest BCUT2D eigenvalue weighted by atomic mass is 35.5. The normalized spacial score (nSPS) is 10.6. The molecule has 0 unspecified atom stereocenters. The molecule has 0 bridgehead atoms. The summed E-state index contributed by atoms with van der Waals surface area (Å²) in [5.74, 6) is 2.07. The number of fused-ring (bicyclic) bond motifs is 1. The van der Waals surface area contributed by atoms with Gasteiger partial charge < -0.3 is 15.4 Å². The van der Waals surface area contributed by atoms with Gasteiger partial charge in [0.05, 0.1) is 17.9 Å². The molecule has 0 saturated heterocycles. The molecular weight excluding hydrogens is 408 g/mol. The van der Waals surface area contributed by atoms with Crippen molar-refractivity contribution >= 4 is 41.0 Å². The second-order valence-corrected chi connectivity index (χ2v) is 6.69. The Morgan fingerprint density at radius 1 is 1.17 bits per heavy atom. The Morgan fingerprint density at radius 3 is 2.73 bits per heavy atom. The predicted molar refractivity (Wildman–Crippen MR) is 115 cm³/mol. The number of H-pyrrole nitrogens is 2. The summed E-state index contributed by atoms with van der Waals surface area (Å²) in [6.07, 6.45) is 3.42. The maximum atomic E-state index is 11.6. The van der Waals surface area contributed by atoms with Gasteiger partial charge in [0.1, 0.15) is 11.6 Å². The van der Waals surface area contributed by atoms with E-state index in [2.05, 4.69) is 41.0 Å². The van der Waals surface area contributed by atoms with E-state index in [4.69, 9.17) is 4.74 Å². The van der Waals surface area contributed by atoms with Crippen LogP contribution in [0.3, 0.4) is 0 Å². The van der Waals surface area contributed by atoms with Crippen LogP contribution in [0.25, 0.3) is 22.3 Å². The molecule has 0 fully saturated rings. The van der Waals surface area contributed by atoms with E-state index in [1.165, 1.54) is 0 Å². The third-order valence-corrected chi connectivity index (χ3v) is 4.00. The standard InChI is InChI=1S/C19H20N8O2.ClH/c1-11(2)22-17(28)10-29-14-5-3-12(4-6-14)18-24-19(27-26-18)23-16-7-13-8-21-25-15(13)9-20-16;/h3-9,11H,10H2,1-2H3,(H,21,25)(H,22,28)(H2,20,23,24,26,27);1H. The molecule has 4 rings (SSSR count). The minimum Gasteiger partial charge on any atom is -0.484 e. The lowest BCUT2D eigenvalue weighted by Crippen LogP contribution is -2.34. The Kier molecular flexibility index (Phi) is 6.48. The zero-order valence-corrected chi connectivity index (χ0v) is 17.2. The summed E-state index contributed by atoms with van der Waals surface area (Å²) in [6, 6.07) is 9.19. The summed E-state index contributed by atoms with van der Waals surface area (Å²) >= 11 is 0. The SMILES string of the molecule is CC(C)NC(=O)COc1ccc(-c2nc(Nc3cc4cn[nH]c4cn3)n[nH]2)cc1.Cl. The van der Waals surface area contributed by atoms with Crippen molar-refractivity contribution in [3.63, 3.8) is 0 Å². The number of hydrogen-bond donors (Lipinski definition) is 4. The Morgan fingerprint density at radius 2 is 1.97 bits per heavy atom. The number of halogens is 1. The fourth-order valence-corrected chi connectivity index (χ4v) is 2.69. The van der Waals surface area contributed by atoms with Crippen molar-refractivity contribution in [2.45, 2.75) is 19.9 Å². The minimum atomic E-state index is -0.155. The average Bonchev–Trinajstić information content (AvgIpc) is 3.35. The fourth-order valence-electron chi connectivity index (χ4n) is 2.69. The zero-order chi connectivity index (χ0) is 20.2. The van der Waals surface area contributed by atoms with Crippen LogP contribution in [0.4, 0.5) is 11.8 Å². The molecule has 0 aliphatic heterocycles. The maximum Gasteiger partial charge on any atom is 0.258 e. The van der Waals surface area contributed by atoms with Crippen molar-refractivity contribution in [2.75, 3.05) is 11.9 Å². The molecular formula is C19H21ClN8O2.